The molecule has 126 valence electrons. The molecule has 2 aromatic rings. The topological polar surface area (TPSA) is 78.7 Å². The van der Waals surface area contributed by atoms with Crippen molar-refractivity contribution in [3.8, 4) is 5.75 Å². The van der Waals surface area contributed by atoms with Crippen LogP contribution in [0.15, 0.2) is 42.5 Å². The van der Waals surface area contributed by atoms with Crippen molar-refractivity contribution in [1.29, 1.82) is 0 Å². The first kappa shape index (κ1) is 17.7. The van der Waals surface area contributed by atoms with Gasteiger partial charge in [-0.2, -0.15) is 0 Å². The number of carbonyl (C=O) groups excluding carboxylic acids is 1. The van der Waals surface area contributed by atoms with Gasteiger partial charge in [0.25, 0.3) is 0 Å². The summed E-state index contributed by atoms with van der Waals surface area (Å²) in [6, 6.07) is 11.3. The molecular weight excluding hydrogens is 334 g/mol. The maximum atomic E-state index is 11.3. The van der Waals surface area contributed by atoms with Crippen LogP contribution in [0.3, 0.4) is 0 Å². The number of nitro groups is 1. The summed E-state index contributed by atoms with van der Waals surface area (Å²) in [6.07, 6.45) is 1.39. The van der Waals surface area contributed by atoms with E-state index in [9.17, 15) is 14.9 Å². The number of hydrogen-bond acceptors (Lipinski definition) is 5. The molecule has 2 aromatic carbocycles. The second-order valence-corrected chi connectivity index (χ2v) is 5.45. The minimum absolute atomic E-state index is 0.109. The van der Waals surface area contributed by atoms with Crippen LogP contribution in [0.1, 0.15) is 22.3 Å². The van der Waals surface area contributed by atoms with Gasteiger partial charge in [-0.25, -0.2) is 4.79 Å². The number of hydrogen-bond donors (Lipinski definition) is 0. The lowest BCUT2D eigenvalue weighted by Crippen LogP contribution is -2.03. The van der Waals surface area contributed by atoms with Gasteiger partial charge in [0.15, 0.2) is 5.75 Å². The van der Waals surface area contributed by atoms with Crippen molar-refractivity contribution in [3.05, 3.63) is 68.7 Å². The Morgan fingerprint density at radius 3 is 2.54 bits per heavy atom. The summed E-state index contributed by atoms with van der Waals surface area (Å²) in [5.74, 6) is -0.216. The van der Waals surface area contributed by atoms with E-state index in [-0.39, 0.29) is 17.4 Å². The molecule has 0 aliphatic rings. The number of benzene rings is 2. The van der Waals surface area contributed by atoms with Gasteiger partial charge in [0.05, 0.1) is 24.2 Å². The molecule has 0 aromatic heterocycles. The number of nitro benzene ring substituents is 1. The number of halogens is 1. The van der Waals surface area contributed by atoms with E-state index in [1.165, 1.54) is 25.3 Å². The van der Waals surface area contributed by atoms with Crippen molar-refractivity contribution in [2.75, 3.05) is 13.7 Å². The molecule has 0 spiro atoms. The molecule has 0 saturated carbocycles. The van der Waals surface area contributed by atoms with Crippen molar-refractivity contribution >= 4 is 23.3 Å². The van der Waals surface area contributed by atoms with Crippen molar-refractivity contribution in [1.82, 2.24) is 0 Å². The monoisotopic (exact) mass is 349 g/mol. The summed E-state index contributed by atoms with van der Waals surface area (Å²) in [6.45, 7) is 0.319. The minimum Gasteiger partial charge on any atom is -0.487 e. The lowest BCUT2D eigenvalue weighted by atomic mass is 10.1. The second-order valence-electron chi connectivity index (χ2n) is 5.01. The zero-order chi connectivity index (χ0) is 17.5. The van der Waals surface area contributed by atoms with Crippen LogP contribution >= 0.6 is 11.6 Å². The van der Waals surface area contributed by atoms with Gasteiger partial charge in [0.2, 0.25) is 0 Å². The van der Waals surface area contributed by atoms with E-state index in [2.05, 4.69) is 4.74 Å². The van der Waals surface area contributed by atoms with Crippen LogP contribution in [0.4, 0.5) is 5.69 Å². The highest BCUT2D eigenvalue weighted by Gasteiger charge is 2.15. The standard InChI is InChI=1S/C17H16ClNO5/c1-23-17(20)13-6-4-12(5-7-13)3-2-10-24-16-11-14(18)8-9-15(16)19(21)22/h4-9,11H,2-3,10H2,1H3. The molecule has 24 heavy (non-hydrogen) atoms. The van der Waals surface area contributed by atoms with E-state index in [0.717, 1.165) is 12.0 Å². The quantitative estimate of drug-likeness (QED) is 0.326. The van der Waals surface area contributed by atoms with Gasteiger partial charge in [-0.3, -0.25) is 10.1 Å². The predicted molar refractivity (Wildman–Crippen MR) is 89.7 cm³/mol. The number of esters is 1. The Kier molecular flexibility index (Phi) is 6.14. The molecule has 0 saturated heterocycles. The first-order chi connectivity index (χ1) is 11.5. The zero-order valence-corrected chi connectivity index (χ0v) is 13.8. The third kappa shape index (κ3) is 4.70. The van der Waals surface area contributed by atoms with Crippen molar-refractivity contribution in [3.63, 3.8) is 0 Å². The average molecular weight is 350 g/mol. The van der Waals surface area contributed by atoms with Crippen LogP contribution in [-0.4, -0.2) is 24.6 Å². The first-order valence-electron chi connectivity index (χ1n) is 7.25. The van der Waals surface area contributed by atoms with Crippen LogP contribution < -0.4 is 4.74 Å². The molecule has 0 aliphatic carbocycles. The Labute approximate surface area is 144 Å². The van der Waals surface area contributed by atoms with Gasteiger partial charge >= 0.3 is 11.7 Å². The largest absolute Gasteiger partial charge is 0.487 e. The summed E-state index contributed by atoms with van der Waals surface area (Å²) < 4.78 is 10.1. The van der Waals surface area contributed by atoms with E-state index >= 15 is 0 Å². The van der Waals surface area contributed by atoms with Crippen molar-refractivity contribution in [2.24, 2.45) is 0 Å². The zero-order valence-electron chi connectivity index (χ0n) is 13.0. The normalized spacial score (nSPS) is 10.2. The fourth-order valence-electron chi connectivity index (χ4n) is 2.14. The summed E-state index contributed by atoms with van der Waals surface area (Å²) >= 11 is 5.84. The lowest BCUT2D eigenvalue weighted by molar-refractivity contribution is -0.385. The van der Waals surface area contributed by atoms with Gasteiger partial charge in [-0.05, 0) is 36.6 Å². The fourth-order valence-corrected chi connectivity index (χ4v) is 2.30. The SMILES string of the molecule is COC(=O)c1ccc(CCCOc2cc(Cl)ccc2[N+](=O)[O-])cc1. The third-order valence-corrected chi connectivity index (χ3v) is 3.60. The maximum Gasteiger partial charge on any atom is 0.337 e. The molecule has 6 nitrogen and oxygen atoms in total. The van der Waals surface area contributed by atoms with Gasteiger partial charge < -0.3 is 9.47 Å². The first-order valence-corrected chi connectivity index (χ1v) is 7.63. The Hall–Kier alpha value is -2.60. The molecule has 0 unspecified atom stereocenters. The number of rotatable bonds is 7. The summed E-state index contributed by atoms with van der Waals surface area (Å²) in [7, 11) is 1.34. The highest BCUT2D eigenvalue weighted by Crippen LogP contribution is 2.30. The number of methoxy groups -OCH3 is 1. The molecule has 0 radical (unpaired) electrons. The molecule has 2 rings (SSSR count). The van der Waals surface area contributed by atoms with E-state index in [1.807, 2.05) is 12.1 Å². The summed E-state index contributed by atoms with van der Waals surface area (Å²) in [5, 5.41) is 11.3. The highest BCUT2D eigenvalue weighted by molar-refractivity contribution is 6.30. The van der Waals surface area contributed by atoms with Crippen LogP contribution in [0, 0.1) is 10.1 Å². The van der Waals surface area contributed by atoms with Gasteiger partial charge in [0.1, 0.15) is 0 Å². The molecular formula is C17H16ClNO5. The predicted octanol–water partition coefficient (Wildman–Crippen LogP) is 4.05. The maximum absolute atomic E-state index is 11.3. The molecule has 0 atom stereocenters. The Balaban J connectivity index is 1.88. The van der Waals surface area contributed by atoms with Crippen LogP contribution in [0.25, 0.3) is 0 Å². The van der Waals surface area contributed by atoms with E-state index < -0.39 is 4.92 Å². The van der Waals surface area contributed by atoms with Gasteiger partial charge in [0, 0.05) is 17.2 Å². The Morgan fingerprint density at radius 1 is 1.21 bits per heavy atom. The number of aryl methyl sites for hydroxylation is 1. The molecule has 0 fully saturated rings. The van der Waals surface area contributed by atoms with E-state index in [4.69, 9.17) is 16.3 Å². The average Bonchev–Trinajstić information content (AvgIpc) is 2.58. The van der Waals surface area contributed by atoms with Gasteiger partial charge in [-0.15, -0.1) is 0 Å². The van der Waals surface area contributed by atoms with E-state index in [1.54, 1.807) is 12.1 Å². The Bertz CT molecular complexity index is 730. The molecule has 7 heteroatoms. The van der Waals surface area contributed by atoms with Gasteiger partial charge in [-0.1, -0.05) is 23.7 Å². The third-order valence-electron chi connectivity index (χ3n) is 3.36. The van der Waals surface area contributed by atoms with Crippen LogP contribution in [-0.2, 0) is 11.2 Å². The number of ether oxygens (including phenoxy) is 2. The van der Waals surface area contributed by atoms with E-state index in [0.29, 0.717) is 23.6 Å². The van der Waals surface area contributed by atoms with Crippen molar-refractivity contribution < 1.29 is 19.2 Å². The molecule has 0 aliphatic heterocycles. The molecule has 0 N–H and O–H groups in total. The minimum atomic E-state index is -0.503. The lowest BCUT2D eigenvalue weighted by Gasteiger charge is -2.07. The fraction of sp³-hybridized carbons (Fsp3) is 0.235. The molecule has 0 bridgehead atoms. The second kappa shape index (κ2) is 8.31. The highest BCUT2D eigenvalue weighted by atomic mass is 35.5. The Morgan fingerprint density at radius 2 is 1.92 bits per heavy atom. The van der Waals surface area contributed by atoms with Crippen molar-refractivity contribution in [2.45, 2.75) is 12.8 Å². The summed E-state index contributed by atoms with van der Waals surface area (Å²) in [4.78, 5) is 21.8. The number of carbonyl (C=O) groups is 1. The smallest absolute Gasteiger partial charge is 0.337 e. The van der Waals surface area contributed by atoms with Crippen LogP contribution in [0.2, 0.25) is 5.02 Å². The number of nitrogens with zero attached hydrogens (tertiary/aromatic N) is 1. The summed E-state index contributed by atoms with van der Waals surface area (Å²) in [5.41, 5.74) is 1.42. The molecule has 0 amide bonds. The van der Waals surface area contributed by atoms with Crippen LogP contribution in [0.5, 0.6) is 5.75 Å². The molecule has 0 heterocycles.